The molecule has 1 heterocycles. The van der Waals surface area contributed by atoms with Crippen LogP contribution < -0.4 is 0 Å². The van der Waals surface area contributed by atoms with Gasteiger partial charge in [0.05, 0.1) is 5.60 Å². The summed E-state index contributed by atoms with van der Waals surface area (Å²) in [6.07, 6.45) is 0.656. The molecule has 17 heavy (non-hydrogen) atoms. The number of benzene rings is 1. The zero-order valence-corrected chi connectivity index (χ0v) is 10.7. The molecule has 1 aliphatic rings. The van der Waals surface area contributed by atoms with Gasteiger partial charge in [0, 0.05) is 18.7 Å². The van der Waals surface area contributed by atoms with E-state index < -0.39 is 5.60 Å². The van der Waals surface area contributed by atoms with E-state index in [-0.39, 0.29) is 5.91 Å². The van der Waals surface area contributed by atoms with Gasteiger partial charge in [0.1, 0.15) is 0 Å². The smallest absolute Gasteiger partial charge is 0.254 e. The second-order valence-corrected chi connectivity index (χ2v) is 5.24. The molecule has 0 aliphatic carbocycles. The average molecular weight is 233 g/mol. The highest BCUT2D eigenvalue weighted by Gasteiger charge is 2.34. The van der Waals surface area contributed by atoms with Crippen LogP contribution in [-0.4, -0.2) is 34.6 Å². The van der Waals surface area contributed by atoms with E-state index >= 15 is 0 Å². The zero-order valence-electron chi connectivity index (χ0n) is 10.7. The minimum Gasteiger partial charge on any atom is -0.388 e. The van der Waals surface area contributed by atoms with E-state index in [1.165, 1.54) is 0 Å². The minimum atomic E-state index is -0.730. The first-order valence-corrected chi connectivity index (χ1v) is 5.98. The summed E-state index contributed by atoms with van der Waals surface area (Å²) in [7, 11) is 0. The standard InChI is InChI=1S/C14H19NO2/c1-10-5-4-6-11(2)12(10)13(16)15-8-7-14(3,17)9-15/h4-6,17H,7-9H2,1-3H3. The molecule has 1 amide bonds. The van der Waals surface area contributed by atoms with Gasteiger partial charge in [-0.05, 0) is 38.3 Å². The molecule has 0 aromatic heterocycles. The molecule has 1 unspecified atom stereocenters. The maximum atomic E-state index is 12.4. The largest absolute Gasteiger partial charge is 0.388 e. The molecule has 3 heteroatoms. The third kappa shape index (κ3) is 2.34. The first-order valence-electron chi connectivity index (χ1n) is 5.98. The van der Waals surface area contributed by atoms with Gasteiger partial charge in [-0.2, -0.15) is 0 Å². The highest BCUT2D eigenvalue weighted by molar-refractivity contribution is 5.97. The van der Waals surface area contributed by atoms with Gasteiger partial charge >= 0.3 is 0 Å². The van der Waals surface area contributed by atoms with Gasteiger partial charge in [-0.15, -0.1) is 0 Å². The van der Waals surface area contributed by atoms with Gasteiger partial charge in [-0.3, -0.25) is 4.79 Å². The molecule has 0 bridgehead atoms. The number of rotatable bonds is 1. The molecule has 3 nitrogen and oxygen atoms in total. The summed E-state index contributed by atoms with van der Waals surface area (Å²) in [5, 5.41) is 9.91. The monoisotopic (exact) mass is 233 g/mol. The van der Waals surface area contributed by atoms with E-state index in [1.807, 2.05) is 32.0 Å². The fourth-order valence-corrected chi connectivity index (χ4v) is 2.43. The molecule has 1 N–H and O–H groups in total. The minimum absolute atomic E-state index is 0.0402. The molecule has 0 saturated carbocycles. The van der Waals surface area contributed by atoms with E-state index in [0.29, 0.717) is 19.5 Å². The molecular weight excluding hydrogens is 214 g/mol. The van der Waals surface area contributed by atoms with Crippen LogP contribution in [0.2, 0.25) is 0 Å². The number of amides is 1. The first-order chi connectivity index (χ1) is 7.91. The molecular formula is C14H19NO2. The van der Waals surface area contributed by atoms with Crippen LogP contribution in [0.25, 0.3) is 0 Å². The van der Waals surface area contributed by atoms with Crippen molar-refractivity contribution in [3.8, 4) is 0 Å². The summed E-state index contributed by atoms with van der Waals surface area (Å²) in [6.45, 7) is 6.76. The van der Waals surface area contributed by atoms with Crippen LogP contribution in [0.3, 0.4) is 0 Å². The summed E-state index contributed by atoms with van der Waals surface area (Å²) >= 11 is 0. The fraction of sp³-hybridized carbons (Fsp3) is 0.500. The number of hydrogen-bond donors (Lipinski definition) is 1. The fourth-order valence-electron chi connectivity index (χ4n) is 2.43. The first kappa shape index (κ1) is 12.1. The van der Waals surface area contributed by atoms with Gasteiger partial charge in [-0.25, -0.2) is 0 Å². The van der Waals surface area contributed by atoms with Crippen LogP contribution >= 0.6 is 0 Å². The van der Waals surface area contributed by atoms with E-state index in [9.17, 15) is 9.90 Å². The Bertz CT molecular complexity index is 431. The third-order valence-corrected chi connectivity index (χ3v) is 3.43. The van der Waals surface area contributed by atoms with Gasteiger partial charge < -0.3 is 10.0 Å². The number of β-amino-alcohol motifs (C(OH)–C–C–N with tert-alkyl or cyclic N) is 1. The molecule has 0 radical (unpaired) electrons. The van der Waals surface area contributed by atoms with Crippen molar-refractivity contribution in [3.05, 3.63) is 34.9 Å². The third-order valence-electron chi connectivity index (χ3n) is 3.43. The number of nitrogens with zero attached hydrogens (tertiary/aromatic N) is 1. The molecule has 1 aliphatic heterocycles. The van der Waals surface area contributed by atoms with Crippen molar-refractivity contribution >= 4 is 5.91 Å². The quantitative estimate of drug-likeness (QED) is 0.804. The predicted molar refractivity (Wildman–Crippen MR) is 67.1 cm³/mol. The molecule has 1 aromatic rings. The lowest BCUT2D eigenvalue weighted by atomic mass is 10.0. The number of carbonyl (C=O) groups is 1. The summed E-state index contributed by atoms with van der Waals surface area (Å²) in [5.41, 5.74) is 2.06. The number of hydrogen-bond acceptors (Lipinski definition) is 2. The predicted octanol–water partition coefficient (Wildman–Crippen LogP) is 1.90. The summed E-state index contributed by atoms with van der Waals surface area (Å²) < 4.78 is 0. The summed E-state index contributed by atoms with van der Waals surface area (Å²) in [6, 6.07) is 5.87. The Hall–Kier alpha value is -1.35. The van der Waals surface area contributed by atoms with Crippen molar-refractivity contribution in [3.63, 3.8) is 0 Å². The van der Waals surface area contributed by atoms with Crippen LogP contribution in [0.5, 0.6) is 0 Å². The Balaban J connectivity index is 2.27. The van der Waals surface area contributed by atoms with E-state index in [2.05, 4.69) is 0 Å². The molecule has 1 atom stereocenters. The van der Waals surface area contributed by atoms with Gasteiger partial charge in [0.15, 0.2) is 0 Å². The highest BCUT2D eigenvalue weighted by atomic mass is 16.3. The van der Waals surface area contributed by atoms with Crippen LogP contribution in [0, 0.1) is 13.8 Å². The molecule has 1 aromatic carbocycles. The van der Waals surface area contributed by atoms with Crippen molar-refractivity contribution in [2.75, 3.05) is 13.1 Å². The lowest BCUT2D eigenvalue weighted by molar-refractivity contribution is 0.0571. The molecule has 92 valence electrons. The molecule has 0 spiro atoms. The van der Waals surface area contributed by atoms with Crippen LogP contribution in [0.15, 0.2) is 18.2 Å². The summed E-state index contributed by atoms with van der Waals surface area (Å²) in [5.74, 6) is 0.0402. The summed E-state index contributed by atoms with van der Waals surface area (Å²) in [4.78, 5) is 14.1. The van der Waals surface area contributed by atoms with Crippen molar-refractivity contribution in [1.29, 1.82) is 0 Å². The number of aliphatic hydroxyl groups is 1. The van der Waals surface area contributed by atoms with Crippen LogP contribution in [-0.2, 0) is 0 Å². The van der Waals surface area contributed by atoms with Crippen molar-refractivity contribution in [1.82, 2.24) is 4.90 Å². The number of aryl methyl sites for hydroxylation is 2. The van der Waals surface area contributed by atoms with Gasteiger partial charge in [0.25, 0.3) is 5.91 Å². The maximum absolute atomic E-state index is 12.4. The van der Waals surface area contributed by atoms with Crippen LogP contribution in [0.4, 0.5) is 0 Å². The SMILES string of the molecule is Cc1cccc(C)c1C(=O)N1CCC(C)(O)C1. The normalized spacial score (nSPS) is 24.1. The Kier molecular flexibility index (Phi) is 2.96. The second kappa shape index (κ2) is 4.15. The van der Waals surface area contributed by atoms with E-state index in [4.69, 9.17) is 0 Å². The molecule has 2 rings (SSSR count). The van der Waals surface area contributed by atoms with Crippen molar-refractivity contribution in [2.45, 2.75) is 32.8 Å². The Morgan fingerprint density at radius 2 is 1.94 bits per heavy atom. The molecule has 1 fully saturated rings. The number of carbonyl (C=O) groups excluding carboxylic acids is 1. The van der Waals surface area contributed by atoms with Crippen molar-refractivity contribution in [2.24, 2.45) is 0 Å². The highest BCUT2D eigenvalue weighted by Crippen LogP contribution is 2.24. The lowest BCUT2D eigenvalue weighted by Crippen LogP contribution is -2.34. The topological polar surface area (TPSA) is 40.5 Å². The average Bonchev–Trinajstić information content (AvgIpc) is 2.58. The molecule has 1 saturated heterocycles. The van der Waals surface area contributed by atoms with Gasteiger partial charge in [-0.1, -0.05) is 18.2 Å². The van der Waals surface area contributed by atoms with Gasteiger partial charge in [0.2, 0.25) is 0 Å². The lowest BCUT2D eigenvalue weighted by Gasteiger charge is -2.20. The second-order valence-electron chi connectivity index (χ2n) is 5.24. The Labute approximate surface area is 102 Å². The van der Waals surface area contributed by atoms with E-state index in [0.717, 1.165) is 16.7 Å². The maximum Gasteiger partial charge on any atom is 0.254 e. The van der Waals surface area contributed by atoms with Crippen LogP contribution in [0.1, 0.15) is 34.8 Å². The zero-order chi connectivity index (χ0) is 12.6. The van der Waals surface area contributed by atoms with Crippen molar-refractivity contribution < 1.29 is 9.90 Å². The van der Waals surface area contributed by atoms with E-state index in [1.54, 1.807) is 11.8 Å². The Morgan fingerprint density at radius 3 is 2.41 bits per heavy atom. The number of likely N-dealkylation sites (tertiary alicyclic amines) is 1. The Morgan fingerprint density at radius 1 is 1.35 bits per heavy atom.